The molecule has 0 aromatic carbocycles. The van der Waals surface area contributed by atoms with Crippen LogP contribution in [-0.2, 0) is 19.2 Å². The second-order valence-electron chi connectivity index (χ2n) is 3.57. The van der Waals surface area contributed by atoms with Crippen molar-refractivity contribution in [2.24, 2.45) is 5.92 Å². The van der Waals surface area contributed by atoms with Crippen LogP contribution in [0.2, 0.25) is 0 Å². The van der Waals surface area contributed by atoms with Crippen LogP contribution in [0.15, 0.2) is 0 Å². The number of carbonyl (C=O) groups is 4. The molecule has 1 heterocycles. The first-order chi connectivity index (χ1) is 8.00. The maximum absolute atomic E-state index is 11.4. The second-order valence-corrected chi connectivity index (χ2v) is 3.57. The largest absolute Gasteiger partial charge is 0.355 e. The van der Waals surface area contributed by atoms with Gasteiger partial charge in [0.25, 0.3) is 11.8 Å². The van der Waals surface area contributed by atoms with Crippen molar-refractivity contribution in [2.75, 3.05) is 13.1 Å². The van der Waals surface area contributed by atoms with Crippen LogP contribution in [0.5, 0.6) is 0 Å². The van der Waals surface area contributed by atoms with Gasteiger partial charge in [0, 0.05) is 26.4 Å². The number of rotatable bonds is 5. The van der Waals surface area contributed by atoms with Crippen molar-refractivity contribution < 1.29 is 19.2 Å². The molecule has 1 aliphatic rings. The number of hydrogen-bond acceptors (Lipinski definition) is 4. The van der Waals surface area contributed by atoms with E-state index in [4.69, 9.17) is 0 Å². The quantitative estimate of drug-likeness (QED) is 0.312. The van der Waals surface area contributed by atoms with Crippen molar-refractivity contribution in [3.8, 4) is 0 Å². The Morgan fingerprint density at radius 1 is 1.12 bits per heavy atom. The molecule has 0 bridgehead atoms. The molecule has 8 heteroatoms. The number of amides is 4. The third-order valence-corrected chi connectivity index (χ3v) is 2.15. The van der Waals surface area contributed by atoms with Crippen LogP contribution in [0.25, 0.3) is 0 Å². The van der Waals surface area contributed by atoms with E-state index in [0.717, 1.165) is 0 Å². The van der Waals surface area contributed by atoms with Crippen molar-refractivity contribution >= 4 is 23.6 Å². The molecule has 4 amide bonds. The Morgan fingerprint density at radius 2 is 1.65 bits per heavy atom. The van der Waals surface area contributed by atoms with E-state index in [1.54, 1.807) is 0 Å². The molecule has 0 spiro atoms. The standard InChI is InChI=1S/C9H14N4O4/c1-5(14)10-2-3-11-7(15)4-6-8(16)12-13-9(6)17/h6H,2-4H2,1H3,(H,10,14)(H,11,15)(H,12,16)(H,13,17). The van der Waals surface area contributed by atoms with Gasteiger partial charge >= 0.3 is 0 Å². The fourth-order valence-electron chi connectivity index (χ4n) is 1.30. The summed E-state index contributed by atoms with van der Waals surface area (Å²) in [4.78, 5) is 44.1. The highest BCUT2D eigenvalue weighted by atomic mass is 16.2. The summed E-state index contributed by atoms with van der Waals surface area (Å²) in [7, 11) is 0. The molecule has 1 aliphatic heterocycles. The summed E-state index contributed by atoms with van der Waals surface area (Å²) in [5.74, 6) is -2.59. The predicted molar refractivity (Wildman–Crippen MR) is 56.1 cm³/mol. The minimum atomic E-state index is -0.976. The molecule has 0 aliphatic carbocycles. The van der Waals surface area contributed by atoms with Gasteiger partial charge in [0.15, 0.2) is 0 Å². The van der Waals surface area contributed by atoms with Gasteiger partial charge in [-0.25, -0.2) is 0 Å². The Balaban J connectivity index is 2.23. The fraction of sp³-hybridized carbons (Fsp3) is 0.556. The zero-order valence-corrected chi connectivity index (χ0v) is 9.33. The van der Waals surface area contributed by atoms with Gasteiger partial charge in [-0.2, -0.15) is 0 Å². The zero-order chi connectivity index (χ0) is 12.8. The maximum Gasteiger partial charge on any atom is 0.251 e. The first-order valence-corrected chi connectivity index (χ1v) is 5.11. The molecule has 0 atom stereocenters. The van der Waals surface area contributed by atoms with Gasteiger partial charge in [0.2, 0.25) is 11.8 Å². The Hall–Kier alpha value is -2.12. The number of carbonyl (C=O) groups excluding carboxylic acids is 4. The highest BCUT2D eigenvalue weighted by Gasteiger charge is 2.34. The molecule has 1 fully saturated rings. The van der Waals surface area contributed by atoms with Gasteiger partial charge in [-0.15, -0.1) is 0 Å². The zero-order valence-electron chi connectivity index (χ0n) is 9.33. The summed E-state index contributed by atoms with van der Waals surface area (Å²) in [6.45, 7) is 1.94. The van der Waals surface area contributed by atoms with Crippen LogP contribution in [0.1, 0.15) is 13.3 Å². The summed E-state index contributed by atoms with van der Waals surface area (Å²) in [5, 5.41) is 4.99. The SMILES string of the molecule is CC(=O)NCCNC(=O)CC1C(=O)NNC1=O. The van der Waals surface area contributed by atoms with Crippen LogP contribution in [0, 0.1) is 5.92 Å². The lowest BCUT2D eigenvalue weighted by molar-refractivity contribution is -0.133. The Morgan fingerprint density at radius 3 is 2.18 bits per heavy atom. The third-order valence-electron chi connectivity index (χ3n) is 2.15. The third kappa shape index (κ3) is 4.09. The van der Waals surface area contributed by atoms with E-state index in [-0.39, 0.29) is 18.9 Å². The lowest BCUT2D eigenvalue weighted by Gasteiger charge is -2.06. The van der Waals surface area contributed by atoms with E-state index in [0.29, 0.717) is 6.54 Å². The minimum Gasteiger partial charge on any atom is -0.355 e. The molecule has 0 aromatic heterocycles. The highest BCUT2D eigenvalue weighted by Crippen LogP contribution is 2.06. The summed E-state index contributed by atoms with van der Waals surface area (Å²) < 4.78 is 0. The number of hydrazine groups is 1. The lowest BCUT2D eigenvalue weighted by atomic mass is 10.1. The van der Waals surface area contributed by atoms with Gasteiger partial charge in [-0.1, -0.05) is 0 Å². The van der Waals surface area contributed by atoms with Crippen molar-refractivity contribution in [3.05, 3.63) is 0 Å². The summed E-state index contributed by atoms with van der Waals surface area (Å²) >= 11 is 0. The summed E-state index contributed by atoms with van der Waals surface area (Å²) in [6.07, 6.45) is -0.197. The van der Waals surface area contributed by atoms with Crippen LogP contribution in [0.4, 0.5) is 0 Å². The van der Waals surface area contributed by atoms with E-state index in [9.17, 15) is 19.2 Å². The first kappa shape index (κ1) is 12.9. The van der Waals surface area contributed by atoms with Crippen LogP contribution in [0.3, 0.4) is 0 Å². The predicted octanol–water partition coefficient (Wildman–Crippen LogP) is -2.59. The Labute approximate surface area is 97.5 Å². The topological polar surface area (TPSA) is 116 Å². The van der Waals surface area contributed by atoms with E-state index < -0.39 is 23.6 Å². The molecule has 8 nitrogen and oxygen atoms in total. The molecule has 1 rings (SSSR count). The van der Waals surface area contributed by atoms with Crippen molar-refractivity contribution in [3.63, 3.8) is 0 Å². The van der Waals surface area contributed by atoms with Gasteiger partial charge in [-0.3, -0.25) is 30.0 Å². The molecule has 0 saturated carbocycles. The average molecular weight is 242 g/mol. The van der Waals surface area contributed by atoms with E-state index in [1.807, 2.05) is 0 Å². The van der Waals surface area contributed by atoms with Crippen LogP contribution in [-0.4, -0.2) is 36.7 Å². The van der Waals surface area contributed by atoms with E-state index in [2.05, 4.69) is 21.5 Å². The average Bonchev–Trinajstić information content (AvgIpc) is 2.56. The lowest BCUT2D eigenvalue weighted by Crippen LogP contribution is -2.35. The minimum absolute atomic E-state index is 0.186. The van der Waals surface area contributed by atoms with Crippen molar-refractivity contribution in [1.29, 1.82) is 0 Å². The van der Waals surface area contributed by atoms with Gasteiger partial charge in [0.05, 0.1) is 0 Å². The fourth-order valence-corrected chi connectivity index (χ4v) is 1.30. The molecule has 0 radical (unpaired) electrons. The van der Waals surface area contributed by atoms with Gasteiger partial charge in [-0.05, 0) is 0 Å². The van der Waals surface area contributed by atoms with Gasteiger partial charge < -0.3 is 10.6 Å². The molecular weight excluding hydrogens is 228 g/mol. The van der Waals surface area contributed by atoms with Crippen LogP contribution >= 0.6 is 0 Å². The molecule has 17 heavy (non-hydrogen) atoms. The molecular formula is C9H14N4O4. The number of hydrogen-bond donors (Lipinski definition) is 4. The van der Waals surface area contributed by atoms with Gasteiger partial charge in [0.1, 0.15) is 5.92 Å². The molecule has 4 N–H and O–H groups in total. The van der Waals surface area contributed by atoms with E-state index in [1.165, 1.54) is 6.92 Å². The van der Waals surface area contributed by atoms with Crippen molar-refractivity contribution in [1.82, 2.24) is 21.5 Å². The molecule has 0 aromatic rings. The van der Waals surface area contributed by atoms with Crippen LogP contribution < -0.4 is 21.5 Å². The summed E-state index contributed by atoms with van der Waals surface area (Å²) in [6, 6.07) is 0. The molecule has 94 valence electrons. The highest BCUT2D eigenvalue weighted by molar-refractivity contribution is 6.07. The molecule has 0 unspecified atom stereocenters. The van der Waals surface area contributed by atoms with E-state index >= 15 is 0 Å². The normalized spacial score (nSPS) is 15.1. The molecule has 1 saturated heterocycles. The monoisotopic (exact) mass is 242 g/mol. The number of nitrogens with one attached hydrogen (secondary N) is 4. The Kier molecular flexibility index (Phi) is 4.44. The second kappa shape index (κ2) is 5.83. The smallest absolute Gasteiger partial charge is 0.251 e. The first-order valence-electron chi connectivity index (χ1n) is 5.11. The van der Waals surface area contributed by atoms with Crippen molar-refractivity contribution in [2.45, 2.75) is 13.3 Å². The maximum atomic E-state index is 11.4. The summed E-state index contributed by atoms with van der Waals surface area (Å²) in [5.41, 5.74) is 4.26. The Bertz CT molecular complexity index is 339.